The van der Waals surface area contributed by atoms with Crippen LogP contribution in [0.5, 0.6) is 0 Å². The molecule has 0 bridgehead atoms. The van der Waals surface area contributed by atoms with Gasteiger partial charge in [-0.1, -0.05) is 35.3 Å². The van der Waals surface area contributed by atoms with Gasteiger partial charge in [0.05, 0.1) is 30.2 Å². The number of amides is 1. The van der Waals surface area contributed by atoms with Crippen LogP contribution >= 0.6 is 23.2 Å². The second-order valence-corrected chi connectivity index (χ2v) is 7.11. The van der Waals surface area contributed by atoms with E-state index in [0.717, 1.165) is 18.4 Å². The highest BCUT2D eigenvalue weighted by Crippen LogP contribution is 2.32. The predicted molar refractivity (Wildman–Crippen MR) is 100 cm³/mol. The molecular weight excluding hydrogens is 379 g/mol. The first kappa shape index (κ1) is 21.0. The van der Waals surface area contributed by atoms with Crippen LogP contribution in [-0.2, 0) is 20.9 Å². The molecule has 1 aromatic rings. The number of esters is 1. The molecule has 0 spiro atoms. The van der Waals surface area contributed by atoms with Gasteiger partial charge in [0.1, 0.15) is 0 Å². The fraction of sp³-hybridized carbons (Fsp3) is 0.556. The fourth-order valence-electron chi connectivity index (χ4n) is 2.67. The smallest absolute Gasteiger partial charge is 0.306 e. The topological polar surface area (TPSA) is 78.9 Å². The van der Waals surface area contributed by atoms with Gasteiger partial charge in [0.15, 0.2) is 0 Å². The summed E-state index contributed by atoms with van der Waals surface area (Å²) < 4.78 is 4.57. The second-order valence-electron chi connectivity index (χ2n) is 6.33. The minimum Gasteiger partial charge on any atom is -0.469 e. The van der Waals surface area contributed by atoms with Gasteiger partial charge in [-0.3, -0.25) is 9.59 Å². The number of nitrogens with one attached hydrogen (secondary N) is 1. The van der Waals surface area contributed by atoms with Gasteiger partial charge in [0.2, 0.25) is 5.91 Å². The van der Waals surface area contributed by atoms with E-state index in [2.05, 4.69) is 10.1 Å². The number of aliphatic hydroxyl groups is 1. The molecule has 0 heterocycles. The number of hydrogen-bond acceptors (Lipinski definition) is 5. The number of carbonyl (C=O) groups excluding carboxylic acids is 2. The largest absolute Gasteiger partial charge is 0.469 e. The zero-order valence-electron chi connectivity index (χ0n) is 14.7. The van der Waals surface area contributed by atoms with Crippen LogP contribution in [-0.4, -0.2) is 54.2 Å². The lowest BCUT2D eigenvalue weighted by Gasteiger charge is -2.26. The molecule has 1 atom stereocenters. The Morgan fingerprint density at radius 1 is 1.38 bits per heavy atom. The molecule has 26 heavy (non-hydrogen) atoms. The quantitative estimate of drug-likeness (QED) is 0.587. The maximum absolute atomic E-state index is 12.8. The van der Waals surface area contributed by atoms with Crippen molar-refractivity contribution in [3.8, 4) is 0 Å². The average Bonchev–Trinajstić information content (AvgIpc) is 3.46. The highest BCUT2D eigenvalue weighted by molar-refractivity contribution is 6.42. The molecule has 1 aliphatic rings. The molecule has 0 radical (unpaired) electrons. The van der Waals surface area contributed by atoms with Gasteiger partial charge in [0.25, 0.3) is 0 Å². The Kier molecular flexibility index (Phi) is 8.15. The summed E-state index contributed by atoms with van der Waals surface area (Å²) in [6.45, 7) is 0.543. The summed E-state index contributed by atoms with van der Waals surface area (Å²) in [5.74, 6) is -0.399. The zero-order valence-corrected chi connectivity index (χ0v) is 16.2. The summed E-state index contributed by atoms with van der Waals surface area (Å²) in [6.07, 6.45) is 2.25. The van der Waals surface area contributed by atoms with Crippen LogP contribution in [0.2, 0.25) is 10.0 Å². The third-order valence-corrected chi connectivity index (χ3v) is 5.17. The van der Waals surface area contributed by atoms with Gasteiger partial charge in [-0.05, 0) is 24.5 Å². The third-order valence-electron chi connectivity index (χ3n) is 4.31. The van der Waals surface area contributed by atoms with E-state index in [1.54, 1.807) is 11.0 Å². The first-order valence-corrected chi connectivity index (χ1v) is 9.35. The molecule has 0 saturated heterocycles. The average molecular weight is 403 g/mol. The van der Waals surface area contributed by atoms with Gasteiger partial charge in [-0.2, -0.15) is 0 Å². The monoisotopic (exact) mass is 402 g/mol. The van der Waals surface area contributed by atoms with E-state index in [9.17, 15) is 14.7 Å². The molecule has 6 nitrogen and oxygen atoms in total. The van der Waals surface area contributed by atoms with Crippen molar-refractivity contribution in [1.82, 2.24) is 10.2 Å². The Bertz CT molecular complexity index is 638. The second kappa shape index (κ2) is 10.1. The van der Waals surface area contributed by atoms with Crippen LogP contribution in [0.4, 0.5) is 0 Å². The van der Waals surface area contributed by atoms with Crippen molar-refractivity contribution in [2.45, 2.75) is 44.3 Å². The highest BCUT2D eigenvalue weighted by Gasteiger charge is 2.33. The number of aliphatic hydroxyl groups excluding tert-OH is 1. The predicted octanol–water partition coefficient (Wildman–Crippen LogP) is 2.39. The maximum atomic E-state index is 12.8. The Labute approximate surface area is 163 Å². The Hall–Kier alpha value is -1.34. The number of nitrogens with zero attached hydrogens (tertiary/aromatic N) is 1. The lowest BCUT2D eigenvalue weighted by Crippen LogP contribution is -2.41. The molecular formula is C18H24Cl2N2O4. The van der Waals surface area contributed by atoms with Crippen molar-refractivity contribution in [3.05, 3.63) is 33.8 Å². The summed E-state index contributed by atoms with van der Waals surface area (Å²) in [5, 5.41) is 13.5. The third kappa shape index (κ3) is 6.13. The molecule has 2 N–H and O–H groups in total. The van der Waals surface area contributed by atoms with Gasteiger partial charge >= 0.3 is 5.97 Å². The van der Waals surface area contributed by atoms with Gasteiger partial charge in [-0.15, -0.1) is 0 Å². The van der Waals surface area contributed by atoms with Crippen LogP contribution in [0.3, 0.4) is 0 Å². The number of benzene rings is 1. The Balaban J connectivity index is 1.95. The van der Waals surface area contributed by atoms with Crippen molar-refractivity contribution in [1.29, 1.82) is 0 Å². The van der Waals surface area contributed by atoms with Crippen molar-refractivity contribution in [2.75, 3.05) is 20.3 Å². The summed E-state index contributed by atoms with van der Waals surface area (Å²) >= 11 is 12.3. The number of halogens is 2. The maximum Gasteiger partial charge on any atom is 0.306 e. The molecule has 8 heteroatoms. The van der Waals surface area contributed by atoms with Crippen LogP contribution in [0.1, 0.15) is 31.2 Å². The molecule has 0 unspecified atom stereocenters. The highest BCUT2D eigenvalue weighted by atomic mass is 35.5. The van der Waals surface area contributed by atoms with Gasteiger partial charge < -0.3 is 20.1 Å². The van der Waals surface area contributed by atoms with Crippen LogP contribution in [0.25, 0.3) is 0 Å². The van der Waals surface area contributed by atoms with E-state index < -0.39 is 6.04 Å². The van der Waals surface area contributed by atoms with E-state index in [0.29, 0.717) is 23.1 Å². The van der Waals surface area contributed by atoms with Crippen molar-refractivity contribution < 1.29 is 19.4 Å². The lowest BCUT2D eigenvalue weighted by molar-refractivity contribution is -0.140. The molecule has 144 valence electrons. The minimum atomic E-state index is -0.414. The van der Waals surface area contributed by atoms with E-state index in [4.69, 9.17) is 23.2 Å². The van der Waals surface area contributed by atoms with Crippen molar-refractivity contribution in [3.63, 3.8) is 0 Å². The zero-order chi connectivity index (χ0) is 19.1. The van der Waals surface area contributed by atoms with Crippen molar-refractivity contribution >= 4 is 35.1 Å². The summed E-state index contributed by atoms with van der Waals surface area (Å²) in [5.41, 5.74) is 0.804. The summed E-state index contributed by atoms with van der Waals surface area (Å²) in [4.78, 5) is 25.7. The molecule has 2 rings (SSSR count). The minimum absolute atomic E-state index is 0.0619. The van der Waals surface area contributed by atoms with Gasteiger partial charge in [-0.25, -0.2) is 0 Å². The first-order valence-electron chi connectivity index (χ1n) is 8.59. The Morgan fingerprint density at radius 3 is 2.73 bits per heavy atom. The van der Waals surface area contributed by atoms with Crippen LogP contribution in [0, 0.1) is 0 Å². The number of hydrogen-bond donors (Lipinski definition) is 2. The van der Waals surface area contributed by atoms with E-state index in [1.165, 1.54) is 7.11 Å². The Morgan fingerprint density at radius 2 is 2.12 bits per heavy atom. The molecule has 1 saturated carbocycles. The number of ether oxygens (including phenoxy) is 1. The first-order chi connectivity index (χ1) is 12.5. The number of rotatable bonds is 10. The molecule has 0 aliphatic heterocycles. The lowest BCUT2D eigenvalue weighted by atomic mass is 10.1. The summed E-state index contributed by atoms with van der Waals surface area (Å²) in [7, 11) is 1.32. The summed E-state index contributed by atoms with van der Waals surface area (Å²) in [6, 6.07) is 5.16. The molecule has 1 aliphatic carbocycles. The van der Waals surface area contributed by atoms with Crippen molar-refractivity contribution in [2.24, 2.45) is 0 Å². The number of carbonyl (C=O) groups is 2. The molecule has 0 aromatic heterocycles. The standard InChI is InChI=1S/C18H24Cl2N2O4/c1-26-17(25)7-8-21-13(11-23)9-16(24)22(14-5-6-14)10-12-3-2-4-15(19)18(12)20/h2-4,13-14,21,23H,5-11H2,1H3/t13-/m0/s1. The normalized spacial score (nSPS) is 14.8. The fourth-order valence-corrected chi connectivity index (χ4v) is 3.05. The van der Waals surface area contributed by atoms with Crippen LogP contribution < -0.4 is 5.32 Å². The van der Waals surface area contributed by atoms with Gasteiger partial charge in [0, 0.05) is 31.6 Å². The molecule has 1 fully saturated rings. The number of methoxy groups -OCH3 is 1. The van der Waals surface area contributed by atoms with E-state index >= 15 is 0 Å². The van der Waals surface area contributed by atoms with E-state index in [-0.39, 0.29) is 37.4 Å². The van der Waals surface area contributed by atoms with Crippen LogP contribution in [0.15, 0.2) is 18.2 Å². The SMILES string of the molecule is COC(=O)CCN[C@H](CO)CC(=O)N(Cc1cccc(Cl)c1Cl)C1CC1. The molecule has 1 aromatic carbocycles. The van der Waals surface area contributed by atoms with E-state index in [1.807, 2.05) is 12.1 Å². The molecule has 1 amide bonds.